The Kier molecular flexibility index (Phi) is 4.80. The monoisotopic (exact) mass is 419 g/mol. The molecular weight excluding hydrogens is 393 g/mol. The number of rotatable bonds is 1. The van der Waals surface area contributed by atoms with Crippen LogP contribution in [0.25, 0.3) is 0 Å². The molecule has 2 heterocycles. The van der Waals surface area contributed by atoms with E-state index in [-0.39, 0.29) is 17.7 Å². The van der Waals surface area contributed by atoms with Gasteiger partial charge in [-0.15, -0.1) is 0 Å². The van der Waals surface area contributed by atoms with Gasteiger partial charge in [-0.25, -0.2) is 4.79 Å². The summed E-state index contributed by atoms with van der Waals surface area (Å²) in [5, 5.41) is 4.49. The summed E-state index contributed by atoms with van der Waals surface area (Å²) in [6.07, 6.45) is 3.60. The van der Waals surface area contributed by atoms with Gasteiger partial charge in [0.15, 0.2) is 0 Å². The molecule has 1 saturated heterocycles. The molecule has 1 aromatic heterocycles. The van der Waals surface area contributed by atoms with Crippen molar-refractivity contribution >= 4 is 28.7 Å². The average Bonchev–Trinajstić information content (AvgIpc) is 2.68. The molecular formula is C16H26IN3O2. The van der Waals surface area contributed by atoms with Crippen molar-refractivity contribution in [2.24, 2.45) is 0 Å². The Labute approximate surface area is 146 Å². The zero-order chi connectivity index (χ0) is 16.7. The Morgan fingerprint density at radius 3 is 2.59 bits per heavy atom. The van der Waals surface area contributed by atoms with Crippen molar-refractivity contribution < 1.29 is 9.53 Å². The first-order valence-electron chi connectivity index (χ1n) is 7.71. The average molecular weight is 419 g/mol. The predicted molar refractivity (Wildman–Crippen MR) is 95.0 cm³/mol. The van der Waals surface area contributed by atoms with Gasteiger partial charge in [0, 0.05) is 17.8 Å². The Balaban J connectivity index is 2.20. The molecule has 124 valence electrons. The lowest BCUT2D eigenvalue weighted by Gasteiger charge is -2.45. The van der Waals surface area contributed by atoms with Crippen LogP contribution in [0.5, 0.6) is 0 Å². The van der Waals surface area contributed by atoms with Crippen LogP contribution < -0.4 is 0 Å². The number of hydrogen-bond acceptors (Lipinski definition) is 3. The van der Waals surface area contributed by atoms with E-state index in [1.807, 2.05) is 36.5 Å². The normalized spacial score (nSPS) is 21.8. The first-order valence-corrected chi connectivity index (χ1v) is 8.79. The van der Waals surface area contributed by atoms with E-state index < -0.39 is 5.60 Å². The molecule has 0 spiro atoms. The van der Waals surface area contributed by atoms with Gasteiger partial charge in [-0.3, -0.25) is 4.68 Å². The van der Waals surface area contributed by atoms with Gasteiger partial charge in [0.05, 0.1) is 15.8 Å². The summed E-state index contributed by atoms with van der Waals surface area (Å²) in [7, 11) is 0. The predicted octanol–water partition coefficient (Wildman–Crippen LogP) is 4.15. The van der Waals surface area contributed by atoms with Crippen molar-refractivity contribution in [3.63, 3.8) is 0 Å². The van der Waals surface area contributed by atoms with E-state index in [2.05, 4.69) is 48.5 Å². The molecule has 1 aromatic rings. The van der Waals surface area contributed by atoms with Crippen molar-refractivity contribution in [2.75, 3.05) is 6.54 Å². The Morgan fingerprint density at radius 1 is 1.45 bits per heavy atom. The van der Waals surface area contributed by atoms with Gasteiger partial charge >= 0.3 is 6.09 Å². The highest BCUT2D eigenvalue weighted by molar-refractivity contribution is 14.1. The number of halogens is 1. The molecule has 6 heteroatoms. The van der Waals surface area contributed by atoms with Gasteiger partial charge in [0.2, 0.25) is 0 Å². The number of nitrogens with zero attached hydrogens (tertiary/aromatic N) is 3. The number of piperidine rings is 1. The van der Waals surface area contributed by atoms with E-state index in [4.69, 9.17) is 4.74 Å². The van der Waals surface area contributed by atoms with Crippen molar-refractivity contribution in [3.05, 3.63) is 15.5 Å². The minimum Gasteiger partial charge on any atom is -0.444 e. The van der Waals surface area contributed by atoms with E-state index in [1.54, 1.807) is 0 Å². The standard InChI is InChI=1S/C16H26IN3O2/c1-11-13(17)9-18-20(11)12-7-8-16(5,6)19(10-12)14(21)22-15(2,3)4/h9,12H,7-8,10H2,1-6H3. The topological polar surface area (TPSA) is 47.4 Å². The fourth-order valence-corrected chi connectivity index (χ4v) is 3.18. The quantitative estimate of drug-likeness (QED) is 0.643. The van der Waals surface area contributed by atoms with Crippen LogP contribution >= 0.6 is 22.6 Å². The number of hydrogen-bond donors (Lipinski definition) is 0. The SMILES string of the molecule is Cc1c(I)cnn1C1CCC(C)(C)N(C(=O)OC(C)(C)C)C1. The molecule has 2 rings (SSSR count). The van der Waals surface area contributed by atoms with E-state index >= 15 is 0 Å². The third kappa shape index (κ3) is 3.75. The van der Waals surface area contributed by atoms with E-state index in [0.29, 0.717) is 6.54 Å². The molecule has 0 aromatic carbocycles. The van der Waals surface area contributed by atoms with Crippen LogP contribution in [0.2, 0.25) is 0 Å². The smallest absolute Gasteiger partial charge is 0.410 e. The molecule has 5 nitrogen and oxygen atoms in total. The number of likely N-dealkylation sites (tertiary alicyclic amines) is 1. The van der Waals surface area contributed by atoms with Gasteiger partial charge in [0.1, 0.15) is 5.60 Å². The highest BCUT2D eigenvalue weighted by Crippen LogP contribution is 2.34. The Bertz CT molecular complexity index is 560. The maximum Gasteiger partial charge on any atom is 0.410 e. The summed E-state index contributed by atoms with van der Waals surface area (Å²) in [5.41, 5.74) is 0.499. The van der Waals surface area contributed by atoms with Crippen LogP contribution in [0.3, 0.4) is 0 Å². The molecule has 22 heavy (non-hydrogen) atoms. The van der Waals surface area contributed by atoms with Crippen molar-refractivity contribution in [3.8, 4) is 0 Å². The number of ether oxygens (including phenoxy) is 1. The first kappa shape index (κ1) is 17.6. The molecule has 1 amide bonds. The van der Waals surface area contributed by atoms with Gasteiger partial charge in [-0.2, -0.15) is 5.10 Å². The molecule has 1 atom stereocenters. The van der Waals surface area contributed by atoms with Crippen molar-refractivity contribution in [1.82, 2.24) is 14.7 Å². The summed E-state index contributed by atoms with van der Waals surface area (Å²) in [6, 6.07) is 0.212. The third-order valence-electron chi connectivity index (χ3n) is 4.16. The minimum atomic E-state index is -0.475. The molecule has 0 radical (unpaired) electrons. The van der Waals surface area contributed by atoms with Gasteiger partial charge < -0.3 is 9.64 Å². The first-order chi connectivity index (χ1) is 10.0. The van der Waals surface area contributed by atoms with Gasteiger partial charge in [0.25, 0.3) is 0 Å². The van der Waals surface area contributed by atoms with Crippen molar-refractivity contribution in [2.45, 2.75) is 71.6 Å². The number of carbonyl (C=O) groups is 1. The summed E-state index contributed by atoms with van der Waals surface area (Å²) in [4.78, 5) is 14.4. The summed E-state index contributed by atoms with van der Waals surface area (Å²) >= 11 is 2.30. The van der Waals surface area contributed by atoms with Crippen LogP contribution in [0.15, 0.2) is 6.20 Å². The summed E-state index contributed by atoms with van der Waals surface area (Å²) in [6.45, 7) is 12.6. The fourth-order valence-electron chi connectivity index (χ4n) is 2.81. The van der Waals surface area contributed by atoms with Crippen LogP contribution in [-0.4, -0.2) is 38.5 Å². The van der Waals surface area contributed by atoms with E-state index in [0.717, 1.165) is 22.1 Å². The number of aromatic nitrogens is 2. The lowest BCUT2D eigenvalue weighted by atomic mass is 9.88. The lowest BCUT2D eigenvalue weighted by Crippen LogP contribution is -2.54. The largest absolute Gasteiger partial charge is 0.444 e. The second-order valence-electron chi connectivity index (χ2n) is 7.62. The zero-order valence-corrected chi connectivity index (χ0v) is 16.5. The van der Waals surface area contributed by atoms with Crippen LogP contribution in [0.4, 0.5) is 4.79 Å². The third-order valence-corrected chi connectivity index (χ3v) is 5.22. The molecule has 0 bridgehead atoms. The van der Waals surface area contributed by atoms with Gasteiger partial charge in [-0.1, -0.05) is 0 Å². The fraction of sp³-hybridized carbons (Fsp3) is 0.750. The van der Waals surface area contributed by atoms with Gasteiger partial charge in [-0.05, 0) is 77.0 Å². The molecule has 1 aliphatic rings. The van der Waals surface area contributed by atoms with E-state index in [1.165, 1.54) is 0 Å². The molecule has 1 unspecified atom stereocenters. The molecule has 0 N–H and O–H groups in total. The molecule has 1 aliphatic heterocycles. The highest BCUT2D eigenvalue weighted by atomic mass is 127. The second-order valence-corrected chi connectivity index (χ2v) is 8.78. The maximum atomic E-state index is 12.6. The summed E-state index contributed by atoms with van der Waals surface area (Å²) < 4.78 is 8.80. The Morgan fingerprint density at radius 2 is 2.09 bits per heavy atom. The molecule has 0 aliphatic carbocycles. The number of amides is 1. The molecule has 0 saturated carbocycles. The van der Waals surface area contributed by atoms with Crippen LogP contribution in [-0.2, 0) is 4.74 Å². The minimum absolute atomic E-state index is 0.187. The summed E-state index contributed by atoms with van der Waals surface area (Å²) in [5.74, 6) is 0. The van der Waals surface area contributed by atoms with Crippen LogP contribution in [0, 0.1) is 10.5 Å². The van der Waals surface area contributed by atoms with Crippen molar-refractivity contribution in [1.29, 1.82) is 0 Å². The zero-order valence-electron chi connectivity index (χ0n) is 14.3. The van der Waals surface area contributed by atoms with Crippen LogP contribution in [0.1, 0.15) is 59.2 Å². The maximum absolute atomic E-state index is 12.6. The van der Waals surface area contributed by atoms with E-state index in [9.17, 15) is 4.79 Å². The molecule has 1 fully saturated rings. The number of carbonyl (C=O) groups excluding carboxylic acids is 1. The second kappa shape index (κ2) is 6.02. The Hall–Kier alpha value is -0.790. The highest BCUT2D eigenvalue weighted by Gasteiger charge is 2.40. The lowest BCUT2D eigenvalue weighted by molar-refractivity contribution is -0.0157.